The maximum Gasteiger partial charge on any atom is 0.228 e. The highest BCUT2D eigenvalue weighted by Crippen LogP contribution is 2.33. The van der Waals surface area contributed by atoms with Crippen molar-refractivity contribution in [2.75, 3.05) is 4.90 Å². The summed E-state index contributed by atoms with van der Waals surface area (Å²) in [6, 6.07) is 8.13. The Morgan fingerprint density at radius 3 is 2.71 bits per heavy atom. The van der Waals surface area contributed by atoms with Gasteiger partial charge in [0.2, 0.25) is 5.91 Å². The second-order valence-electron chi connectivity index (χ2n) is 4.66. The van der Waals surface area contributed by atoms with Gasteiger partial charge in [0, 0.05) is 12.1 Å². The number of aryl methyl sites for hydroxylation is 1. The lowest BCUT2D eigenvalue weighted by atomic mass is 10.0. The number of carbonyl (C=O) groups excluding carboxylic acids is 1. The maximum absolute atomic E-state index is 12.0. The summed E-state index contributed by atoms with van der Waals surface area (Å²) in [6.07, 6.45) is 0.338. The summed E-state index contributed by atoms with van der Waals surface area (Å²) in [4.78, 5) is 13.8. The number of anilines is 1. The third-order valence-electron chi connectivity index (χ3n) is 3.65. The van der Waals surface area contributed by atoms with Gasteiger partial charge >= 0.3 is 0 Å². The quantitative estimate of drug-likeness (QED) is 0.741. The molecule has 88 valence electrons. The minimum Gasteiger partial charge on any atom is -0.308 e. The molecule has 2 rings (SSSR count). The highest BCUT2D eigenvalue weighted by molar-refractivity contribution is 5.97. The number of hydrogen-bond acceptors (Lipinski definition) is 2. The third-order valence-corrected chi connectivity index (χ3v) is 3.65. The van der Waals surface area contributed by atoms with E-state index in [1.807, 2.05) is 39.0 Å². The predicted molar refractivity (Wildman–Crippen MR) is 66.6 cm³/mol. The standard InChI is InChI=1S/C14H16N2O/c1-9-5-4-6-13(10(9)2)16-11(3)12(8-15)7-14(16)17/h4-6,11-12H,7H2,1-3H3. The first-order chi connectivity index (χ1) is 8.06. The van der Waals surface area contributed by atoms with Crippen LogP contribution in [-0.2, 0) is 4.79 Å². The van der Waals surface area contributed by atoms with Gasteiger partial charge in [0.05, 0.1) is 18.0 Å². The number of nitrogens with zero attached hydrogens (tertiary/aromatic N) is 2. The summed E-state index contributed by atoms with van der Waals surface area (Å²) in [7, 11) is 0. The number of amides is 1. The van der Waals surface area contributed by atoms with Crippen LogP contribution in [0.3, 0.4) is 0 Å². The molecule has 0 aromatic heterocycles. The van der Waals surface area contributed by atoms with E-state index in [0.717, 1.165) is 11.3 Å². The Morgan fingerprint density at radius 2 is 2.12 bits per heavy atom. The number of benzene rings is 1. The fraction of sp³-hybridized carbons (Fsp3) is 0.429. The Hall–Kier alpha value is -1.82. The fourth-order valence-corrected chi connectivity index (χ4v) is 2.37. The van der Waals surface area contributed by atoms with Crippen LogP contribution in [0.1, 0.15) is 24.5 Å². The molecular formula is C14H16N2O. The van der Waals surface area contributed by atoms with Gasteiger partial charge in [0.25, 0.3) is 0 Å². The lowest BCUT2D eigenvalue weighted by Crippen LogP contribution is -2.33. The Morgan fingerprint density at radius 1 is 1.41 bits per heavy atom. The molecule has 0 saturated carbocycles. The van der Waals surface area contributed by atoms with Gasteiger partial charge < -0.3 is 4.90 Å². The number of nitriles is 1. The minimum absolute atomic E-state index is 0.0343. The highest BCUT2D eigenvalue weighted by Gasteiger charge is 2.38. The van der Waals surface area contributed by atoms with Crippen LogP contribution in [0.5, 0.6) is 0 Å². The van der Waals surface area contributed by atoms with Crippen molar-refractivity contribution in [3.05, 3.63) is 29.3 Å². The molecule has 1 fully saturated rings. The average Bonchev–Trinajstić information content (AvgIpc) is 2.58. The van der Waals surface area contributed by atoms with Gasteiger partial charge in [0.15, 0.2) is 0 Å². The van der Waals surface area contributed by atoms with Crippen molar-refractivity contribution in [1.82, 2.24) is 0 Å². The second-order valence-corrected chi connectivity index (χ2v) is 4.66. The molecule has 0 aliphatic carbocycles. The summed E-state index contributed by atoms with van der Waals surface area (Å²) >= 11 is 0. The van der Waals surface area contributed by atoms with Crippen molar-refractivity contribution < 1.29 is 4.79 Å². The van der Waals surface area contributed by atoms with E-state index in [1.54, 1.807) is 4.90 Å². The van der Waals surface area contributed by atoms with Crippen molar-refractivity contribution >= 4 is 11.6 Å². The molecule has 2 atom stereocenters. The van der Waals surface area contributed by atoms with Gasteiger partial charge in [-0.15, -0.1) is 0 Å². The first kappa shape index (κ1) is 11.7. The molecule has 1 aliphatic heterocycles. The van der Waals surface area contributed by atoms with E-state index in [-0.39, 0.29) is 17.9 Å². The van der Waals surface area contributed by atoms with Gasteiger partial charge in [-0.25, -0.2) is 0 Å². The van der Waals surface area contributed by atoms with Crippen molar-refractivity contribution in [2.24, 2.45) is 5.92 Å². The van der Waals surface area contributed by atoms with Crippen LogP contribution in [0.4, 0.5) is 5.69 Å². The predicted octanol–water partition coefficient (Wildman–Crippen LogP) is 2.57. The van der Waals surface area contributed by atoms with Gasteiger partial charge in [-0.2, -0.15) is 5.26 Å². The molecule has 1 aromatic carbocycles. The molecule has 1 aromatic rings. The van der Waals surface area contributed by atoms with Gasteiger partial charge in [0.1, 0.15) is 0 Å². The zero-order valence-electron chi connectivity index (χ0n) is 10.4. The summed E-state index contributed by atoms with van der Waals surface area (Å²) in [6.45, 7) is 6.00. The molecule has 17 heavy (non-hydrogen) atoms. The number of rotatable bonds is 1. The zero-order valence-corrected chi connectivity index (χ0v) is 10.4. The van der Waals surface area contributed by atoms with E-state index in [0.29, 0.717) is 6.42 Å². The topological polar surface area (TPSA) is 44.1 Å². The first-order valence-electron chi connectivity index (χ1n) is 5.84. The van der Waals surface area contributed by atoms with Gasteiger partial charge in [-0.1, -0.05) is 12.1 Å². The average molecular weight is 228 g/mol. The summed E-state index contributed by atoms with van der Waals surface area (Å²) in [5.41, 5.74) is 3.23. The van der Waals surface area contributed by atoms with Gasteiger partial charge in [-0.05, 0) is 38.0 Å². The summed E-state index contributed by atoms with van der Waals surface area (Å²) < 4.78 is 0. The van der Waals surface area contributed by atoms with Crippen LogP contribution in [-0.4, -0.2) is 11.9 Å². The molecule has 1 aliphatic rings. The van der Waals surface area contributed by atoms with Crippen LogP contribution in [0.25, 0.3) is 0 Å². The maximum atomic E-state index is 12.0. The van der Waals surface area contributed by atoms with E-state index in [1.165, 1.54) is 5.56 Å². The van der Waals surface area contributed by atoms with Crippen LogP contribution >= 0.6 is 0 Å². The lowest BCUT2D eigenvalue weighted by molar-refractivity contribution is -0.117. The largest absolute Gasteiger partial charge is 0.308 e. The number of hydrogen-bond donors (Lipinski definition) is 0. The Kier molecular flexibility index (Phi) is 2.89. The van der Waals surface area contributed by atoms with E-state index in [2.05, 4.69) is 6.07 Å². The summed E-state index contributed by atoms with van der Waals surface area (Å²) in [5.74, 6) is -0.139. The molecule has 3 heteroatoms. The van der Waals surface area contributed by atoms with Crippen molar-refractivity contribution in [3.63, 3.8) is 0 Å². The highest BCUT2D eigenvalue weighted by atomic mass is 16.2. The minimum atomic E-state index is -0.192. The van der Waals surface area contributed by atoms with E-state index >= 15 is 0 Å². The van der Waals surface area contributed by atoms with Crippen LogP contribution in [0.15, 0.2) is 18.2 Å². The SMILES string of the molecule is Cc1cccc(N2C(=O)CC(C#N)C2C)c1C. The van der Waals surface area contributed by atoms with Crippen LogP contribution < -0.4 is 4.90 Å². The van der Waals surface area contributed by atoms with Crippen LogP contribution in [0, 0.1) is 31.1 Å². The van der Waals surface area contributed by atoms with Crippen LogP contribution in [0.2, 0.25) is 0 Å². The molecule has 0 bridgehead atoms. The number of carbonyl (C=O) groups is 1. The van der Waals surface area contributed by atoms with E-state index in [4.69, 9.17) is 5.26 Å². The Balaban J connectivity index is 2.44. The molecule has 1 heterocycles. The normalized spacial score (nSPS) is 23.9. The lowest BCUT2D eigenvalue weighted by Gasteiger charge is -2.25. The molecule has 0 N–H and O–H groups in total. The molecule has 3 nitrogen and oxygen atoms in total. The van der Waals surface area contributed by atoms with Crippen molar-refractivity contribution in [1.29, 1.82) is 5.26 Å². The second kappa shape index (κ2) is 4.21. The monoisotopic (exact) mass is 228 g/mol. The van der Waals surface area contributed by atoms with E-state index in [9.17, 15) is 4.79 Å². The Bertz CT molecular complexity index is 501. The van der Waals surface area contributed by atoms with Crippen molar-refractivity contribution in [2.45, 2.75) is 33.2 Å². The molecule has 2 unspecified atom stereocenters. The van der Waals surface area contributed by atoms with Crippen molar-refractivity contribution in [3.8, 4) is 6.07 Å². The Labute approximate surface area is 102 Å². The zero-order chi connectivity index (χ0) is 12.6. The molecule has 1 amide bonds. The molecule has 0 spiro atoms. The fourth-order valence-electron chi connectivity index (χ4n) is 2.37. The molecular weight excluding hydrogens is 212 g/mol. The van der Waals surface area contributed by atoms with Gasteiger partial charge in [-0.3, -0.25) is 4.79 Å². The molecule has 0 radical (unpaired) electrons. The summed E-state index contributed by atoms with van der Waals surface area (Å²) in [5, 5.41) is 9.01. The third kappa shape index (κ3) is 1.80. The molecule has 1 saturated heterocycles. The van der Waals surface area contributed by atoms with E-state index < -0.39 is 0 Å². The first-order valence-corrected chi connectivity index (χ1v) is 5.84. The smallest absolute Gasteiger partial charge is 0.228 e.